The minimum Gasteiger partial charge on any atom is -0.493 e. The van der Waals surface area contributed by atoms with Gasteiger partial charge in [-0.3, -0.25) is 4.79 Å². The van der Waals surface area contributed by atoms with Crippen LogP contribution in [-0.2, 0) is 22.6 Å². The second kappa shape index (κ2) is 10.8. The highest BCUT2D eigenvalue weighted by atomic mass is 32.1. The molecule has 0 radical (unpaired) electrons. The number of methoxy groups -OCH3 is 1. The molecule has 0 saturated carbocycles. The molecule has 1 heterocycles. The second-order valence-electron chi connectivity index (χ2n) is 7.10. The maximum atomic E-state index is 12.6. The van der Waals surface area contributed by atoms with Crippen LogP contribution in [0.15, 0.2) is 47.8 Å². The third kappa shape index (κ3) is 5.98. The Hall–Kier alpha value is -3.06. The predicted octanol–water partition coefficient (Wildman–Crippen LogP) is 5.11. The number of esters is 1. The Kier molecular flexibility index (Phi) is 7.89. The van der Waals surface area contributed by atoms with Gasteiger partial charge in [0.05, 0.1) is 25.3 Å². The van der Waals surface area contributed by atoms with Crippen molar-refractivity contribution in [2.24, 2.45) is 5.92 Å². The Morgan fingerprint density at radius 2 is 1.90 bits per heavy atom. The van der Waals surface area contributed by atoms with E-state index in [-0.39, 0.29) is 18.5 Å². The van der Waals surface area contributed by atoms with Gasteiger partial charge in [-0.2, -0.15) is 0 Å². The third-order valence-corrected chi connectivity index (χ3v) is 5.85. The number of nitrogens with two attached hydrogens (primary N) is 1. The van der Waals surface area contributed by atoms with E-state index in [4.69, 9.17) is 19.9 Å². The van der Waals surface area contributed by atoms with Gasteiger partial charge < -0.3 is 19.9 Å². The van der Waals surface area contributed by atoms with Crippen molar-refractivity contribution in [3.8, 4) is 22.1 Å². The first-order chi connectivity index (χ1) is 15.0. The highest BCUT2D eigenvalue weighted by Crippen LogP contribution is 2.34. The van der Waals surface area contributed by atoms with Gasteiger partial charge in [0.25, 0.3) is 0 Å². The standard InChI is InChI=1S/C24H28N2O4S/c1-4-17(12-16-6-9-19(25)10-7-16)24(27)30-14-20-15-31-23(26-20)18-8-11-21(29-5-2)22(13-18)28-3/h6-11,13,15,17H,4-5,12,14,25H2,1-3H3. The van der Waals surface area contributed by atoms with Crippen LogP contribution in [-0.4, -0.2) is 24.7 Å². The van der Waals surface area contributed by atoms with Gasteiger partial charge in [-0.15, -0.1) is 11.3 Å². The lowest BCUT2D eigenvalue weighted by atomic mass is 9.97. The molecule has 1 aromatic heterocycles. The van der Waals surface area contributed by atoms with Gasteiger partial charge >= 0.3 is 5.97 Å². The molecule has 0 amide bonds. The Balaban J connectivity index is 1.61. The summed E-state index contributed by atoms with van der Waals surface area (Å²) >= 11 is 1.50. The molecule has 2 aromatic carbocycles. The number of nitrogens with zero attached hydrogens (tertiary/aromatic N) is 1. The van der Waals surface area contributed by atoms with Crippen molar-refractivity contribution in [2.45, 2.75) is 33.3 Å². The summed E-state index contributed by atoms with van der Waals surface area (Å²) in [4.78, 5) is 17.2. The molecular formula is C24H28N2O4S. The molecule has 6 nitrogen and oxygen atoms in total. The predicted molar refractivity (Wildman–Crippen MR) is 123 cm³/mol. The number of aromatic nitrogens is 1. The molecule has 31 heavy (non-hydrogen) atoms. The molecule has 0 fully saturated rings. The summed E-state index contributed by atoms with van der Waals surface area (Å²) < 4.78 is 16.5. The van der Waals surface area contributed by atoms with E-state index in [9.17, 15) is 4.79 Å². The lowest BCUT2D eigenvalue weighted by Gasteiger charge is -2.14. The lowest BCUT2D eigenvalue weighted by Crippen LogP contribution is -2.19. The Morgan fingerprint density at radius 3 is 2.58 bits per heavy atom. The van der Waals surface area contributed by atoms with Crippen molar-refractivity contribution in [1.29, 1.82) is 0 Å². The molecule has 7 heteroatoms. The van der Waals surface area contributed by atoms with Crippen LogP contribution in [0.2, 0.25) is 0 Å². The number of carbonyl (C=O) groups excluding carboxylic acids is 1. The zero-order chi connectivity index (χ0) is 22.2. The van der Waals surface area contributed by atoms with Crippen molar-refractivity contribution in [3.05, 3.63) is 59.1 Å². The van der Waals surface area contributed by atoms with E-state index < -0.39 is 0 Å². The van der Waals surface area contributed by atoms with E-state index in [1.165, 1.54) is 11.3 Å². The number of carbonyl (C=O) groups is 1. The van der Waals surface area contributed by atoms with E-state index in [1.54, 1.807) is 7.11 Å². The topological polar surface area (TPSA) is 83.7 Å². The molecular weight excluding hydrogens is 412 g/mol. The zero-order valence-electron chi connectivity index (χ0n) is 18.1. The monoisotopic (exact) mass is 440 g/mol. The summed E-state index contributed by atoms with van der Waals surface area (Å²) in [5, 5.41) is 2.74. The van der Waals surface area contributed by atoms with Crippen LogP contribution in [0.5, 0.6) is 11.5 Å². The molecule has 164 valence electrons. The average Bonchev–Trinajstić information content (AvgIpc) is 3.26. The number of ether oxygens (including phenoxy) is 3. The molecule has 3 rings (SSSR count). The average molecular weight is 441 g/mol. The second-order valence-corrected chi connectivity index (χ2v) is 7.96. The van der Waals surface area contributed by atoms with Gasteiger partial charge in [0, 0.05) is 16.6 Å². The van der Waals surface area contributed by atoms with Crippen LogP contribution in [0.25, 0.3) is 10.6 Å². The molecule has 0 aliphatic heterocycles. The summed E-state index contributed by atoms with van der Waals surface area (Å²) in [6.07, 6.45) is 1.33. The fourth-order valence-electron chi connectivity index (χ4n) is 3.18. The minimum absolute atomic E-state index is 0.154. The van der Waals surface area contributed by atoms with Crippen LogP contribution >= 0.6 is 11.3 Å². The highest BCUT2D eigenvalue weighted by molar-refractivity contribution is 7.13. The zero-order valence-corrected chi connectivity index (χ0v) is 18.9. The van der Waals surface area contributed by atoms with Crippen molar-refractivity contribution >= 4 is 23.0 Å². The minimum atomic E-state index is -0.211. The van der Waals surface area contributed by atoms with E-state index in [2.05, 4.69) is 4.98 Å². The molecule has 0 spiro atoms. The maximum absolute atomic E-state index is 12.6. The molecule has 0 saturated heterocycles. The molecule has 3 aromatic rings. The molecule has 0 aliphatic carbocycles. The quantitative estimate of drug-likeness (QED) is 0.348. The van der Waals surface area contributed by atoms with Crippen LogP contribution in [0.3, 0.4) is 0 Å². The van der Waals surface area contributed by atoms with Crippen molar-refractivity contribution in [1.82, 2.24) is 4.98 Å². The summed E-state index contributed by atoms with van der Waals surface area (Å²) in [7, 11) is 1.61. The van der Waals surface area contributed by atoms with E-state index in [0.29, 0.717) is 36.6 Å². The Morgan fingerprint density at radius 1 is 1.13 bits per heavy atom. The summed E-state index contributed by atoms with van der Waals surface area (Å²) in [5.74, 6) is 0.955. The first-order valence-corrected chi connectivity index (χ1v) is 11.2. The van der Waals surface area contributed by atoms with Crippen LogP contribution < -0.4 is 15.2 Å². The van der Waals surface area contributed by atoms with Crippen molar-refractivity contribution in [2.75, 3.05) is 19.5 Å². The maximum Gasteiger partial charge on any atom is 0.309 e. The number of nitrogen functional groups attached to an aromatic ring is 1. The van der Waals surface area contributed by atoms with Crippen molar-refractivity contribution in [3.63, 3.8) is 0 Å². The van der Waals surface area contributed by atoms with Crippen LogP contribution in [0, 0.1) is 5.92 Å². The first-order valence-electron chi connectivity index (χ1n) is 10.3. The van der Waals surface area contributed by atoms with Gasteiger partial charge in [0.1, 0.15) is 11.6 Å². The molecule has 0 aliphatic rings. The normalized spacial score (nSPS) is 11.7. The summed E-state index contributed by atoms with van der Waals surface area (Å²) in [5.41, 5.74) is 9.17. The number of thiazole rings is 1. The number of hydrogen-bond donors (Lipinski definition) is 1. The van der Waals surface area contributed by atoms with Gasteiger partial charge in [-0.25, -0.2) is 4.98 Å². The number of hydrogen-bond acceptors (Lipinski definition) is 7. The summed E-state index contributed by atoms with van der Waals surface area (Å²) in [6, 6.07) is 13.3. The van der Waals surface area contributed by atoms with E-state index >= 15 is 0 Å². The molecule has 0 bridgehead atoms. The van der Waals surface area contributed by atoms with E-state index in [1.807, 2.05) is 61.7 Å². The summed E-state index contributed by atoms with van der Waals surface area (Å²) in [6.45, 7) is 4.64. The highest BCUT2D eigenvalue weighted by Gasteiger charge is 2.19. The van der Waals surface area contributed by atoms with Gasteiger partial charge in [-0.1, -0.05) is 19.1 Å². The lowest BCUT2D eigenvalue weighted by molar-refractivity contribution is -0.150. The SMILES string of the molecule is CCOc1ccc(-c2nc(COC(=O)C(CC)Cc3ccc(N)cc3)cs2)cc1OC. The van der Waals surface area contributed by atoms with Crippen LogP contribution in [0.1, 0.15) is 31.5 Å². The van der Waals surface area contributed by atoms with Crippen LogP contribution in [0.4, 0.5) is 5.69 Å². The number of anilines is 1. The molecule has 1 unspecified atom stereocenters. The molecule has 1 atom stereocenters. The smallest absolute Gasteiger partial charge is 0.309 e. The third-order valence-electron chi connectivity index (χ3n) is 4.91. The van der Waals surface area contributed by atoms with Gasteiger partial charge in [0.2, 0.25) is 0 Å². The Bertz CT molecular complexity index is 1000. The van der Waals surface area contributed by atoms with Crippen molar-refractivity contribution < 1.29 is 19.0 Å². The number of benzene rings is 2. The fourth-order valence-corrected chi connectivity index (χ4v) is 3.98. The van der Waals surface area contributed by atoms with Gasteiger partial charge in [-0.05, 0) is 55.7 Å². The fraction of sp³-hybridized carbons (Fsp3) is 0.333. The van der Waals surface area contributed by atoms with Gasteiger partial charge in [0.15, 0.2) is 11.5 Å². The van der Waals surface area contributed by atoms with E-state index in [0.717, 1.165) is 21.8 Å². The first kappa shape index (κ1) is 22.6. The largest absolute Gasteiger partial charge is 0.493 e. The molecule has 2 N–H and O–H groups in total. The number of rotatable bonds is 10. The Labute approximate surface area is 187 Å².